The first-order chi connectivity index (χ1) is 22.9. The van der Waals surface area contributed by atoms with Crippen molar-refractivity contribution in [2.75, 3.05) is 0 Å². The first kappa shape index (κ1) is 35.5. The SMILES string of the molecule is CCCCCc1cc2c(c(O)c1CCc1c(CCCCC)cc3c(c1O)[C@@H]1C[C@H](C)CC[C@H]1C(C)(C)O3)[C@@H]1C[C@H](C)CC[C@H]1C(C)(C)O2. The standard InChI is InChI=1S/C44H66O4/c1-9-11-13-15-29-25-37-39(33-23-27(3)17-21-35(33)43(5,6)47-37)41(45)31(29)19-20-32-30(16-14-12-10-2)26-38-40(42(32)46)34-24-28(4)18-22-36(34)44(7,8)48-38/h25-28,33-36,45-46H,9-24H2,1-8H3/t27-,28-,33-,34-,35-,36-/m1/s1. The molecule has 0 aromatic heterocycles. The number of ether oxygens (including phenoxy) is 2. The van der Waals surface area contributed by atoms with Gasteiger partial charge in [-0.05, 0) is 150 Å². The molecule has 2 heterocycles. The number of unbranched alkanes of at least 4 members (excludes halogenated alkanes) is 4. The predicted octanol–water partition coefficient (Wildman–Crippen LogP) is 11.7. The molecule has 4 heteroatoms. The second kappa shape index (κ2) is 14.1. The zero-order valence-electron chi connectivity index (χ0n) is 31.6. The van der Waals surface area contributed by atoms with E-state index in [0.29, 0.717) is 47.0 Å². The second-order valence-electron chi connectivity index (χ2n) is 17.6. The maximum absolute atomic E-state index is 12.3. The highest BCUT2D eigenvalue weighted by molar-refractivity contribution is 5.60. The van der Waals surface area contributed by atoms with Gasteiger partial charge in [-0.1, -0.05) is 66.2 Å². The maximum Gasteiger partial charge on any atom is 0.127 e. The molecule has 2 aromatic carbocycles. The largest absolute Gasteiger partial charge is 0.507 e. The number of fused-ring (bicyclic) bond motifs is 6. The Hall–Kier alpha value is -2.36. The molecule has 0 radical (unpaired) electrons. The van der Waals surface area contributed by atoms with E-state index in [-0.39, 0.29) is 11.2 Å². The predicted molar refractivity (Wildman–Crippen MR) is 198 cm³/mol. The highest BCUT2D eigenvalue weighted by atomic mass is 16.5. The third kappa shape index (κ3) is 6.72. The van der Waals surface area contributed by atoms with Crippen LogP contribution in [-0.2, 0) is 25.7 Å². The highest BCUT2D eigenvalue weighted by Crippen LogP contribution is 2.58. The molecule has 4 nitrogen and oxygen atoms in total. The van der Waals surface area contributed by atoms with E-state index < -0.39 is 0 Å². The van der Waals surface area contributed by atoms with Gasteiger partial charge in [0.25, 0.3) is 0 Å². The van der Waals surface area contributed by atoms with Gasteiger partial charge in [0, 0.05) is 23.0 Å². The van der Waals surface area contributed by atoms with Crippen molar-refractivity contribution >= 4 is 0 Å². The van der Waals surface area contributed by atoms with Crippen LogP contribution in [0.5, 0.6) is 23.0 Å². The number of aromatic hydroxyl groups is 2. The van der Waals surface area contributed by atoms with Crippen LogP contribution < -0.4 is 9.47 Å². The highest BCUT2D eigenvalue weighted by Gasteiger charge is 2.49. The van der Waals surface area contributed by atoms with Crippen LogP contribution in [0.3, 0.4) is 0 Å². The van der Waals surface area contributed by atoms with Gasteiger partial charge in [0.1, 0.15) is 34.2 Å². The van der Waals surface area contributed by atoms with Crippen molar-refractivity contribution in [3.63, 3.8) is 0 Å². The molecule has 0 saturated heterocycles. The average molecular weight is 659 g/mol. The molecule has 2 fully saturated rings. The van der Waals surface area contributed by atoms with Crippen LogP contribution in [0.1, 0.15) is 178 Å². The minimum atomic E-state index is -0.236. The summed E-state index contributed by atoms with van der Waals surface area (Å²) in [5.41, 5.74) is 6.29. The molecule has 2 aliphatic carbocycles. The number of rotatable bonds is 11. The van der Waals surface area contributed by atoms with Gasteiger partial charge >= 0.3 is 0 Å². The van der Waals surface area contributed by atoms with Crippen molar-refractivity contribution in [2.24, 2.45) is 23.7 Å². The quantitative estimate of drug-likeness (QED) is 0.236. The van der Waals surface area contributed by atoms with Gasteiger partial charge in [0.05, 0.1) is 0 Å². The van der Waals surface area contributed by atoms with Crippen molar-refractivity contribution in [3.05, 3.63) is 45.5 Å². The number of benzene rings is 2. The lowest BCUT2D eigenvalue weighted by Gasteiger charge is -2.49. The molecule has 2 N–H and O–H groups in total. The number of phenolic OH excluding ortho intramolecular Hbond substituents is 2. The molecule has 2 aliphatic heterocycles. The average Bonchev–Trinajstić information content (AvgIpc) is 3.01. The zero-order chi connectivity index (χ0) is 34.4. The number of phenols is 2. The third-order valence-electron chi connectivity index (χ3n) is 13.2. The van der Waals surface area contributed by atoms with Crippen molar-refractivity contribution in [1.29, 1.82) is 0 Å². The van der Waals surface area contributed by atoms with Crippen LogP contribution in [0, 0.1) is 23.7 Å². The summed E-state index contributed by atoms with van der Waals surface area (Å²) in [6.45, 7) is 18.3. The van der Waals surface area contributed by atoms with Gasteiger partial charge in [-0.15, -0.1) is 0 Å². The lowest BCUT2D eigenvalue weighted by Crippen LogP contribution is -2.46. The summed E-state index contributed by atoms with van der Waals surface area (Å²) in [4.78, 5) is 0. The van der Waals surface area contributed by atoms with Crippen LogP contribution in [0.2, 0.25) is 0 Å². The minimum absolute atomic E-state index is 0.236. The molecule has 4 aliphatic rings. The maximum atomic E-state index is 12.3. The Morgan fingerprint density at radius 1 is 0.604 bits per heavy atom. The summed E-state index contributed by atoms with van der Waals surface area (Å²) >= 11 is 0. The molecule has 2 saturated carbocycles. The third-order valence-corrected chi connectivity index (χ3v) is 13.2. The summed E-state index contributed by atoms with van der Waals surface area (Å²) in [5.74, 6) is 5.56. The van der Waals surface area contributed by atoms with Gasteiger partial charge in [-0.2, -0.15) is 0 Å². The Labute approximate surface area is 292 Å². The molecule has 2 aromatic rings. The summed E-state index contributed by atoms with van der Waals surface area (Å²) in [6.07, 6.45) is 17.2. The Balaban J connectivity index is 1.42. The van der Waals surface area contributed by atoms with E-state index in [9.17, 15) is 10.2 Å². The monoisotopic (exact) mass is 658 g/mol. The van der Waals surface area contributed by atoms with Crippen LogP contribution in [0.25, 0.3) is 0 Å². The van der Waals surface area contributed by atoms with Gasteiger partial charge in [-0.25, -0.2) is 0 Å². The normalized spacial score (nSPS) is 28.3. The fourth-order valence-corrected chi connectivity index (χ4v) is 10.6. The van der Waals surface area contributed by atoms with E-state index in [1.165, 1.54) is 49.7 Å². The van der Waals surface area contributed by atoms with Crippen molar-refractivity contribution in [2.45, 2.75) is 181 Å². The lowest BCUT2D eigenvalue weighted by atomic mass is 9.63. The molecular formula is C44H66O4. The van der Waals surface area contributed by atoms with Crippen molar-refractivity contribution in [1.82, 2.24) is 0 Å². The fraction of sp³-hybridized carbons (Fsp3) is 0.727. The van der Waals surface area contributed by atoms with Crippen LogP contribution in [0.4, 0.5) is 0 Å². The molecule has 0 unspecified atom stereocenters. The molecular weight excluding hydrogens is 592 g/mol. The van der Waals surface area contributed by atoms with Crippen LogP contribution >= 0.6 is 0 Å². The second-order valence-corrected chi connectivity index (χ2v) is 17.6. The van der Waals surface area contributed by atoms with Crippen molar-refractivity contribution < 1.29 is 19.7 Å². The molecule has 6 atom stereocenters. The lowest BCUT2D eigenvalue weighted by molar-refractivity contribution is -0.0150. The Morgan fingerprint density at radius 3 is 1.38 bits per heavy atom. The minimum Gasteiger partial charge on any atom is -0.507 e. The van der Waals surface area contributed by atoms with Gasteiger partial charge in [-0.3, -0.25) is 0 Å². The van der Waals surface area contributed by atoms with Gasteiger partial charge < -0.3 is 19.7 Å². The van der Waals surface area contributed by atoms with Gasteiger partial charge in [0.15, 0.2) is 0 Å². The number of hydrogen-bond donors (Lipinski definition) is 2. The number of hydrogen-bond acceptors (Lipinski definition) is 4. The van der Waals surface area contributed by atoms with Crippen molar-refractivity contribution in [3.8, 4) is 23.0 Å². The Morgan fingerprint density at radius 2 is 1.00 bits per heavy atom. The fourth-order valence-electron chi connectivity index (χ4n) is 10.6. The van der Waals surface area contributed by atoms with Gasteiger partial charge in [0.2, 0.25) is 0 Å². The van der Waals surface area contributed by atoms with E-state index in [1.807, 2.05) is 0 Å². The first-order valence-electron chi connectivity index (χ1n) is 20.0. The van der Waals surface area contributed by atoms with E-state index in [0.717, 1.165) is 98.0 Å². The first-order valence-corrected chi connectivity index (χ1v) is 20.0. The summed E-state index contributed by atoms with van der Waals surface area (Å²) in [7, 11) is 0. The molecule has 48 heavy (non-hydrogen) atoms. The molecule has 266 valence electrons. The topological polar surface area (TPSA) is 58.9 Å². The van der Waals surface area contributed by atoms with Crippen LogP contribution in [-0.4, -0.2) is 21.4 Å². The molecule has 6 rings (SSSR count). The molecule has 0 amide bonds. The zero-order valence-corrected chi connectivity index (χ0v) is 31.6. The molecule has 0 spiro atoms. The Bertz CT molecular complexity index is 1340. The molecule has 0 bridgehead atoms. The summed E-state index contributed by atoms with van der Waals surface area (Å²) in [6, 6.07) is 4.60. The van der Waals surface area contributed by atoms with E-state index >= 15 is 0 Å². The van der Waals surface area contributed by atoms with E-state index in [2.05, 4.69) is 67.5 Å². The van der Waals surface area contributed by atoms with E-state index in [1.54, 1.807) is 0 Å². The van der Waals surface area contributed by atoms with E-state index in [4.69, 9.17) is 9.47 Å². The number of aryl methyl sites for hydroxylation is 2. The Kier molecular flexibility index (Phi) is 10.4. The summed E-state index contributed by atoms with van der Waals surface area (Å²) < 4.78 is 13.6. The van der Waals surface area contributed by atoms with Crippen LogP contribution in [0.15, 0.2) is 12.1 Å². The smallest absolute Gasteiger partial charge is 0.127 e. The summed E-state index contributed by atoms with van der Waals surface area (Å²) in [5, 5.41) is 24.7.